The smallest absolute Gasteiger partial charge is 0.315 e. The molecule has 0 fully saturated rings. The third-order valence-corrected chi connectivity index (χ3v) is 5.19. The molecule has 1 aromatic carbocycles. The van der Waals surface area contributed by atoms with E-state index in [1.54, 1.807) is 0 Å². The van der Waals surface area contributed by atoms with Crippen LogP contribution in [0.1, 0.15) is 54.4 Å². The monoisotopic (exact) mass is 403 g/mol. The van der Waals surface area contributed by atoms with Gasteiger partial charge in [-0.3, -0.25) is 9.59 Å². The van der Waals surface area contributed by atoms with E-state index in [4.69, 9.17) is 4.74 Å². The van der Waals surface area contributed by atoms with Gasteiger partial charge in [0.15, 0.2) is 0 Å². The van der Waals surface area contributed by atoms with Crippen LogP contribution < -0.4 is 0 Å². The number of halogens is 1. The lowest BCUT2D eigenvalue weighted by atomic mass is 10.0. The maximum absolute atomic E-state index is 12.8. The number of carbonyl (C=O) groups is 2. The molecule has 0 amide bonds. The first-order chi connectivity index (χ1) is 12.0. The van der Waals surface area contributed by atoms with Gasteiger partial charge in [0, 0.05) is 22.3 Å². The average molecular weight is 404 g/mol. The highest BCUT2D eigenvalue weighted by Crippen LogP contribution is 2.38. The molecular formula is C20H22BrNO3. The standard InChI is InChI=1S/C20H22BrNO3/c1-13(2)9-11-25-20(24)15-8-10-22-17(12-16(21)18(15)22)19(23)14-6-4-3-5-7-14/h3-7,12-13,15H,8-11H2,1-2H3. The number of esters is 1. The largest absolute Gasteiger partial charge is 0.465 e. The predicted octanol–water partition coefficient (Wildman–Crippen LogP) is 4.56. The molecule has 1 unspecified atom stereocenters. The molecule has 2 heterocycles. The zero-order valence-corrected chi connectivity index (χ0v) is 16.1. The van der Waals surface area contributed by atoms with Crippen LogP contribution >= 0.6 is 15.9 Å². The molecule has 1 aliphatic heterocycles. The minimum Gasteiger partial charge on any atom is -0.465 e. The summed E-state index contributed by atoms with van der Waals surface area (Å²) in [4.78, 5) is 25.2. The van der Waals surface area contributed by atoms with E-state index in [1.165, 1.54) is 0 Å². The molecule has 1 atom stereocenters. The molecule has 0 bridgehead atoms. The fraction of sp³-hybridized carbons (Fsp3) is 0.400. The van der Waals surface area contributed by atoms with E-state index in [0.717, 1.165) is 16.6 Å². The summed E-state index contributed by atoms with van der Waals surface area (Å²) in [6, 6.07) is 11.0. The Bertz CT molecular complexity index is 780. The summed E-state index contributed by atoms with van der Waals surface area (Å²) in [6.45, 7) is 5.30. The lowest BCUT2D eigenvalue weighted by Crippen LogP contribution is -2.15. The van der Waals surface area contributed by atoms with Gasteiger partial charge in [-0.2, -0.15) is 0 Å². The van der Waals surface area contributed by atoms with Crippen molar-refractivity contribution >= 4 is 27.7 Å². The normalized spacial score (nSPS) is 16.1. The van der Waals surface area contributed by atoms with Crippen LogP contribution in [-0.2, 0) is 16.1 Å². The molecule has 25 heavy (non-hydrogen) atoms. The molecule has 2 aromatic rings. The second-order valence-electron chi connectivity index (χ2n) is 6.80. The van der Waals surface area contributed by atoms with Gasteiger partial charge in [0.2, 0.25) is 5.78 Å². The van der Waals surface area contributed by atoms with E-state index in [-0.39, 0.29) is 17.7 Å². The van der Waals surface area contributed by atoms with Crippen LogP contribution in [0.2, 0.25) is 0 Å². The predicted molar refractivity (Wildman–Crippen MR) is 99.8 cm³/mol. The van der Waals surface area contributed by atoms with Gasteiger partial charge in [0.25, 0.3) is 0 Å². The number of benzene rings is 1. The van der Waals surface area contributed by atoms with Crippen molar-refractivity contribution < 1.29 is 14.3 Å². The Balaban J connectivity index is 1.81. The SMILES string of the molecule is CC(C)CCOC(=O)C1CCn2c(C(=O)c3ccccc3)cc(Br)c21. The molecule has 0 spiro atoms. The van der Waals surface area contributed by atoms with Gasteiger partial charge in [-0.05, 0) is 40.8 Å². The molecule has 1 aromatic heterocycles. The van der Waals surface area contributed by atoms with Crippen LogP contribution in [0.5, 0.6) is 0 Å². The summed E-state index contributed by atoms with van der Waals surface area (Å²) in [5, 5.41) is 0. The number of carbonyl (C=O) groups excluding carboxylic acids is 2. The van der Waals surface area contributed by atoms with E-state index >= 15 is 0 Å². The topological polar surface area (TPSA) is 48.3 Å². The van der Waals surface area contributed by atoms with Gasteiger partial charge in [-0.15, -0.1) is 0 Å². The first kappa shape index (κ1) is 17.9. The lowest BCUT2D eigenvalue weighted by molar-refractivity contribution is -0.145. The minimum atomic E-state index is -0.307. The first-order valence-corrected chi connectivity index (χ1v) is 9.43. The van der Waals surface area contributed by atoms with Crippen molar-refractivity contribution in [2.75, 3.05) is 6.61 Å². The molecule has 0 saturated carbocycles. The van der Waals surface area contributed by atoms with Crippen molar-refractivity contribution in [2.45, 2.75) is 39.2 Å². The van der Waals surface area contributed by atoms with E-state index in [9.17, 15) is 9.59 Å². The van der Waals surface area contributed by atoms with Crippen LogP contribution in [0.25, 0.3) is 0 Å². The number of ketones is 1. The molecule has 0 saturated heterocycles. The van der Waals surface area contributed by atoms with Gasteiger partial charge in [-0.25, -0.2) is 0 Å². The number of nitrogens with zero attached hydrogens (tertiary/aromatic N) is 1. The second-order valence-corrected chi connectivity index (χ2v) is 7.66. The number of fused-ring (bicyclic) bond motifs is 1. The highest BCUT2D eigenvalue weighted by atomic mass is 79.9. The number of rotatable bonds is 6. The highest BCUT2D eigenvalue weighted by molar-refractivity contribution is 9.10. The van der Waals surface area contributed by atoms with Crippen LogP contribution in [0, 0.1) is 5.92 Å². The Morgan fingerprint density at radius 2 is 2.00 bits per heavy atom. The van der Waals surface area contributed by atoms with E-state index in [0.29, 0.717) is 36.7 Å². The number of aromatic nitrogens is 1. The summed E-state index contributed by atoms with van der Waals surface area (Å²) < 4.78 is 8.20. The number of hydrogen-bond donors (Lipinski definition) is 0. The summed E-state index contributed by atoms with van der Waals surface area (Å²) >= 11 is 3.53. The fourth-order valence-corrected chi connectivity index (χ4v) is 3.88. The van der Waals surface area contributed by atoms with E-state index in [1.807, 2.05) is 41.0 Å². The Hall–Kier alpha value is -1.88. The minimum absolute atomic E-state index is 0.0265. The summed E-state index contributed by atoms with van der Waals surface area (Å²) in [6.07, 6.45) is 1.53. The van der Waals surface area contributed by atoms with Crippen molar-refractivity contribution in [2.24, 2.45) is 5.92 Å². The van der Waals surface area contributed by atoms with Crippen LogP contribution in [0.3, 0.4) is 0 Å². The summed E-state index contributed by atoms with van der Waals surface area (Å²) in [5.41, 5.74) is 2.12. The van der Waals surface area contributed by atoms with E-state index < -0.39 is 0 Å². The van der Waals surface area contributed by atoms with Crippen LogP contribution in [0.4, 0.5) is 0 Å². The molecule has 0 aliphatic carbocycles. The molecule has 5 heteroatoms. The maximum Gasteiger partial charge on any atom is 0.315 e. The Morgan fingerprint density at radius 1 is 1.28 bits per heavy atom. The van der Waals surface area contributed by atoms with Crippen molar-refractivity contribution in [3.63, 3.8) is 0 Å². The van der Waals surface area contributed by atoms with Crippen molar-refractivity contribution in [3.8, 4) is 0 Å². The zero-order chi connectivity index (χ0) is 18.0. The van der Waals surface area contributed by atoms with Gasteiger partial charge >= 0.3 is 5.97 Å². The Morgan fingerprint density at radius 3 is 2.68 bits per heavy atom. The van der Waals surface area contributed by atoms with Crippen LogP contribution in [0.15, 0.2) is 40.9 Å². The van der Waals surface area contributed by atoms with Crippen LogP contribution in [-0.4, -0.2) is 22.9 Å². The Kier molecular flexibility index (Phi) is 5.42. The van der Waals surface area contributed by atoms with Gasteiger partial charge in [0.1, 0.15) is 0 Å². The van der Waals surface area contributed by atoms with Gasteiger partial charge < -0.3 is 9.30 Å². The van der Waals surface area contributed by atoms with Crippen molar-refractivity contribution in [1.29, 1.82) is 0 Å². The third-order valence-electron chi connectivity index (χ3n) is 4.55. The van der Waals surface area contributed by atoms with Gasteiger partial charge in [0.05, 0.1) is 18.2 Å². The summed E-state index contributed by atoms with van der Waals surface area (Å²) in [7, 11) is 0. The van der Waals surface area contributed by atoms with Crippen molar-refractivity contribution in [1.82, 2.24) is 4.57 Å². The molecule has 0 radical (unpaired) electrons. The molecule has 4 nitrogen and oxygen atoms in total. The molecule has 132 valence electrons. The number of ether oxygens (including phenoxy) is 1. The molecule has 0 N–H and O–H groups in total. The quantitative estimate of drug-likeness (QED) is 0.524. The van der Waals surface area contributed by atoms with E-state index in [2.05, 4.69) is 29.8 Å². The lowest BCUT2D eigenvalue weighted by Gasteiger charge is -2.11. The fourth-order valence-electron chi connectivity index (χ4n) is 3.17. The third kappa shape index (κ3) is 3.71. The first-order valence-electron chi connectivity index (χ1n) is 8.64. The molecule has 1 aliphatic rings. The molecular weight excluding hydrogens is 382 g/mol. The highest BCUT2D eigenvalue weighted by Gasteiger charge is 2.35. The van der Waals surface area contributed by atoms with Gasteiger partial charge in [-0.1, -0.05) is 44.2 Å². The summed E-state index contributed by atoms with van der Waals surface area (Å²) in [5.74, 6) is -0.0285. The van der Waals surface area contributed by atoms with Crippen molar-refractivity contribution in [3.05, 3.63) is 57.8 Å². The zero-order valence-electron chi connectivity index (χ0n) is 14.5. The Labute approximate surface area is 156 Å². The number of hydrogen-bond acceptors (Lipinski definition) is 3. The maximum atomic E-state index is 12.8. The average Bonchev–Trinajstić information content (AvgIpc) is 3.16. The molecule has 3 rings (SSSR count). The second kappa shape index (κ2) is 7.56.